The smallest absolute Gasteiger partial charge is 0.202 e. The number of aryl methyl sites for hydroxylation is 2. The maximum absolute atomic E-state index is 6.08. The van der Waals surface area contributed by atoms with E-state index in [-0.39, 0.29) is 6.04 Å². The van der Waals surface area contributed by atoms with E-state index in [2.05, 4.69) is 35.9 Å². The molecule has 0 aromatic carbocycles. The maximum atomic E-state index is 6.08. The first-order valence-electron chi connectivity index (χ1n) is 6.71. The molecule has 104 valence electrons. The number of nitrogens with two attached hydrogens (primary N) is 1. The van der Waals surface area contributed by atoms with Crippen LogP contribution in [0.3, 0.4) is 0 Å². The molecule has 0 spiro atoms. The molecular weight excluding hydrogens is 268 g/mol. The van der Waals surface area contributed by atoms with Crippen LogP contribution in [-0.4, -0.2) is 14.5 Å². The Bertz CT molecular complexity index is 756. The van der Waals surface area contributed by atoms with Crippen molar-refractivity contribution < 1.29 is 0 Å². The lowest BCUT2D eigenvalue weighted by Crippen LogP contribution is -2.11. The predicted molar refractivity (Wildman–Crippen MR) is 84.1 cm³/mol. The molecule has 0 saturated heterocycles. The second-order valence-electron chi connectivity index (χ2n) is 5.20. The lowest BCUT2D eigenvalue weighted by molar-refractivity contribution is 0.567. The first kappa shape index (κ1) is 13.1. The van der Waals surface area contributed by atoms with Gasteiger partial charge >= 0.3 is 0 Å². The Labute approximate surface area is 122 Å². The van der Waals surface area contributed by atoms with Crippen LogP contribution in [0.2, 0.25) is 0 Å². The molecule has 3 aromatic rings. The molecule has 0 aliphatic rings. The third-order valence-electron chi connectivity index (χ3n) is 3.44. The predicted octanol–water partition coefficient (Wildman–Crippen LogP) is 3.50. The number of thiophene rings is 1. The SMILES string of the molecule is Cc1ccc2nc(N)n(C(C)Cc3ccc(C)s3)c2n1. The van der Waals surface area contributed by atoms with E-state index in [1.54, 1.807) is 0 Å². The van der Waals surface area contributed by atoms with Crippen LogP contribution in [-0.2, 0) is 6.42 Å². The molecule has 0 aliphatic heterocycles. The number of aromatic nitrogens is 3. The average molecular weight is 286 g/mol. The van der Waals surface area contributed by atoms with Crippen molar-refractivity contribution in [2.24, 2.45) is 0 Å². The minimum atomic E-state index is 0.243. The van der Waals surface area contributed by atoms with Crippen molar-refractivity contribution in [3.8, 4) is 0 Å². The zero-order chi connectivity index (χ0) is 14.3. The molecule has 4 nitrogen and oxygen atoms in total. The third kappa shape index (κ3) is 2.29. The van der Waals surface area contributed by atoms with Gasteiger partial charge in [0.15, 0.2) is 5.65 Å². The van der Waals surface area contributed by atoms with Crippen LogP contribution in [0.25, 0.3) is 11.2 Å². The van der Waals surface area contributed by atoms with E-state index >= 15 is 0 Å². The van der Waals surface area contributed by atoms with Crippen molar-refractivity contribution in [2.45, 2.75) is 33.2 Å². The first-order chi connectivity index (χ1) is 9.54. The lowest BCUT2D eigenvalue weighted by Gasteiger charge is -2.14. The molecule has 1 atom stereocenters. The summed E-state index contributed by atoms with van der Waals surface area (Å²) in [4.78, 5) is 11.7. The molecule has 0 aliphatic carbocycles. The fourth-order valence-corrected chi connectivity index (χ4v) is 3.51. The van der Waals surface area contributed by atoms with E-state index < -0.39 is 0 Å². The van der Waals surface area contributed by atoms with Crippen LogP contribution in [0.1, 0.15) is 28.4 Å². The summed E-state index contributed by atoms with van der Waals surface area (Å²) in [5.41, 5.74) is 8.80. The van der Waals surface area contributed by atoms with Gasteiger partial charge in [-0.3, -0.25) is 4.57 Å². The zero-order valence-electron chi connectivity index (χ0n) is 11.9. The Balaban J connectivity index is 2.00. The number of nitrogen functional groups attached to an aromatic ring is 1. The van der Waals surface area contributed by atoms with E-state index in [9.17, 15) is 0 Å². The number of hydrogen-bond acceptors (Lipinski definition) is 4. The quantitative estimate of drug-likeness (QED) is 0.801. The van der Waals surface area contributed by atoms with E-state index in [1.807, 2.05) is 35.0 Å². The second kappa shape index (κ2) is 4.90. The van der Waals surface area contributed by atoms with E-state index in [0.29, 0.717) is 5.95 Å². The summed E-state index contributed by atoms with van der Waals surface area (Å²) >= 11 is 1.83. The highest BCUT2D eigenvalue weighted by atomic mass is 32.1. The third-order valence-corrected chi connectivity index (χ3v) is 4.46. The first-order valence-corrected chi connectivity index (χ1v) is 7.52. The van der Waals surface area contributed by atoms with Gasteiger partial charge in [0, 0.05) is 27.9 Å². The van der Waals surface area contributed by atoms with Crippen molar-refractivity contribution in [3.05, 3.63) is 39.7 Å². The molecule has 20 heavy (non-hydrogen) atoms. The van der Waals surface area contributed by atoms with Crippen molar-refractivity contribution in [1.82, 2.24) is 14.5 Å². The molecule has 3 rings (SSSR count). The van der Waals surface area contributed by atoms with Gasteiger partial charge in [0.05, 0.1) is 0 Å². The molecule has 1 unspecified atom stereocenters. The highest BCUT2D eigenvalue weighted by Crippen LogP contribution is 2.26. The summed E-state index contributed by atoms with van der Waals surface area (Å²) in [6.07, 6.45) is 0.948. The van der Waals surface area contributed by atoms with Gasteiger partial charge in [0.1, 0.15) is 5.52 Å². The molecule has 2 N–H and O–H groups in total. The number of nitrogens with zero attached hydrogens (tertiary/aromatic N) is 3. The van der Waals surface area contributed by atoms with Gasteiger partial charge in [-0.15, -0.1) is 11.3 Å². The van der Waals surface area contributed by atoms with Crippen LogP contribution in [0.15, 0.2) is 24.3 Å². The molecule has 5 heteroatoms. The Kier molecular flexibility index (Phi) is 3.22. The molecular formula is C15H18N4S. The summed E-state index contributed by atoms with van der Waals surface area (Å²) in [6.45, 7) is 6.28. The van der Waals surface area contributed by atoms with Crippen molar-refractivity contribution >= 4 is 28.4 Å². The molecule has 0 fully saturated rings. The van der Waals surface area contributed by atoms with E-state index in [4.69, 9.17) is 5.73 Å². The fourth-order valence-electron chi connectivity index (χ4n) is 2.50. The number of imidazole rings is 1. The summed E-state index contributed by atoms with van der Waals surface area (Å²) in [6, 6.07) is 8.53. The lowest BCUT2D eigenvalue weighted by atomic mass is 10.2. The number of hydrogen-bond donors (Lipinski definition) is 1. The Morgan fingerprint density at radius 3 is 2.70 bits per heavy atom. The van der Waals surface area contributed by atoms with Gasteiger partial charge in [-0.25, -0.2) is 9.97 Å². The molecule has 3 aromatic heterocycles. The fraction of sp³-hybridized carbons (Fsp3) is 0.333. The molecule has 3 heterocycles. The molecule has 0 bridgehead atoms. The van der Waals surface area contributed by atoms with Crippen LogP contribution >= 0.6 is 11.3 Å². The zero-order valence-corrected chi connectivity index (χ0v) is 12.7. The van der Waals surface area contributed by atoms with E-state index in [1.165, 1.54) is 9.75 Å². The van der Waals surface area contributed by atoms with Crippen LogP contribution < -0.4 is 5.73 Å². The monoisotopic (exact) mass is 286 g/mol. The van der Waals surface area contributed by atoms with Gasteiger partial charge in [0.2, 0.25) is 5.95 Å². The Morgan fingerprint density at radius 2 is 2.00 bits per heavy atom. The van der Waals surface area contributed by atoms with Gasteiger partial charge in [-0.05, 0) is 45.0 Å². The number of anilines is 1. The summed E-state index contributed by atoms with van der Waals surface area (Å²) in [5.74, 6) is 0.541. The molecule has 0 radical (unpaired) electrons. The standard InChI is InChI=1S/C15H18N4S/c1-9-4-7-13-14(17-9)19(15(16)18-13)10(2)8-12-6-5-11(3)20-12/h4-7,10H,8H2,1-3H3,(H2,16,18). The largest absolute Gasteiger partial charge is 0.369 e. The maximum Gasteiger partial charge on any atom is 0.202 e. The summed E-state index contributed by atoms with van der Waals surface area (Å²) in [7, 11) is 0. The topological polar surface area (TPSA) is 56.7 Å². The molecule has 0 amide bonds. The minimum Gasteiger partial charge on any atom is -0.369 e. The van der Waals surface area contributed by atoms with Crippen molar-refractivity contribution in [2.75, 3.05) is 5.73 Å². The van der Waals surface area contributed by atoms with Gasteiger partial charge in [-0.2, -0.15) is 0 Å². The highest BCUT2D eigenvalue weighted by molar-refractivity contribution is 7.11. The number of pyridine rings is 1. The average Bonchev–Trinajstić information content (AvgIpc) is 2.91. The van der Waals surface area contributed by atoms with Crippen LogP contribution in [0.4, 0.5) is 5.95 Å². The minimum absolute atomic E-state index is 0.243. The van der Waals surface area contributed by atoms with Crippen molar-refractivity contribution in [3.63, 3.8) is 0 Å². The van der Waals surface area contributed by atoms with Crippen LogP contribution in [0, 0.1) is 13.8 Å². The number of rotatable bonds is 3. The van der Waals surface area contributed by atoms with Gasteiger partial charge < -0.3 is 5.73 Å². The van der Waals surface area contributed by atoms with Gasteiger partial charge in [-0.1, -0.05) is 0 Å². The normalized spacial score (nSPS) is 12.9. The Hall–Kier alpha value is -1.88. The summed E-state index contributed by atoms with van der Waals surface area (Å²) in [5, 5.41) is 0. The highest BCUT2D eigenvalue weighted by Gasteiger charge is 2.16. The second-order valence-corrected chi connectivity index (χ2v) is 6.57. The van der Waals surface area contributed by atoms with Gasteiger partial charge in [0.25, 0.3) is 0 Å². The van der Waals surface area contributed by atoms with Crippen molar-refractivity contribution in [1.29, 1.82) is 0 Å². The van der Waals surface area contributed by atoms with Crippen LogP contribution in [0.5, 0.6) is 0 Å². The number of fused-ring (bicyclic) bond motifs is 1. The molecule has 0 saturated carbocycles. The Morgan fingerprint density at radius 1 is 1.20 bits per heavy atom. The summed E-state index contributed by atoms with van der Waals surface area (Å²) < 4.78 is 2.04. The van der Waals surface area contributed by atoms with E-state index in [0.717, 1.165) is 23.3 Å².